The summed E-state index contributed by atoms with van der Waals surface area (Å²) in [5.74, 6) is 0.686. The predicted molar refractivity (Wildman–Crippen MR) is 123 cm³/mol. The van der Waals surface area contributed by atoms with E-state index in [4.69, 9.17) is 4.74 Å². The number of carbonyl (C=O) groups is 1. The fourth-order valence-electron chi connectivity index (χ4n) is 4.07. The van der Waals surface area contributed by atoms with Crippen LogP contribution in [-0.4, -0.2) is 41.0 Å². The van der Waals surface area contributed by atoms with Gasteiger partial charge >= 0.3 is 0 Å². The lowest BCUT2D eigenvalue weighted by atomic mass is 10.1. The van der Waals surface area contributed by atoms with Crippen molar-refractivity contribution in [1.82, 2.24) is 14.9 Å². The first kappa shape index (κ1) is 19.2. The topological polar surface area (TPSA) is 70.2 Å². The minimum atomic E-state index is 0.0600. The number of likely N-dealkylation sites (tertiary alicyclic amines) is 1. The van der Waals surface area contributed by atoms with E-state index in [0.717, 1.165) is 59.5 Å². The molecule has 2 N–H and O–H groups in total. The molecule has 0 bridgehead atoms. The molecule has 0 saturated carbocycles. The Balaban J connectivity index is 1.40. The van der Waals surface area contributed by atoms with Crippen LogP contribution in [0.4, 0.5) is 11.4 Å². The number of nitrogens with zero attached hydrogens (tertiary/aromatic N) is 2. The Kier molecular flexibility index (Phi) is 5.04. The molecule has 1 fully saturated rings. The van der Waals surface area contributed by atoms with Gasteiger partial charge in [0.15, 0.2) is 0 Å². The number of rotatable bonds is 5. The number of methoxy groups -OCH3 is 1. The maximum Gasteiger partial charge on any atom is 0.253 e. The molecule has 4 aromatic rings. The number of nitrogens with one attached hydrogen (secondary N) is 2. The molecule has 1 saturated heterocycles. The molecular formula is C25H24N4O2. The largest absolute Gasteiger partial charge is 0.495 e. The number of para-hydroxylation sites is 1. The molecule has 1 aliphatic heterocycles. The van der Waals surface area contributed by atoms with E-state index in [1.807, 2.05) is 41.4 Å². The molecule has 3 heterocycles. The molecule has 0 atom stereocenters. The minimum Gasteiger partial charge on any atom is -0.495 e. The maximum absolute atomic E-state index is 12.7. The van der Waals surface area contributed by atoms with E-state index in [9.17, 15) is 4.79 Å². The summed E-state index contributed by atoms with van der Waals surface area (Å²) in [5, 5.41) is 4.54. The number of pyridine rings is 1. The van der Waals surface area contributed by atoms with Gasteiger partial charge in [0.1, 0.15) is 5.75 Å². The van der Waals surface area contributed by atoms with Crippen molar-refractivity contribution in [3.63, 3.8) is 0 Å². The van der Waals surface area contributed by atoms with E-state index in [2.05, 4.69) is 33.5 Å². The quantitative estimate of drug-likeness (QED) is 0.472. The zero-order chi connectivity index (χ0) is 21.2. The number of aromatic nitrogens is 2. The molecule has 6 heteroatoms. The Morgan fingerprint density at radius 1 is 1.06 bits per heavy atom. The molecule has 2 aromatic heterocycles. The first-order valence-electron chi connectivity index (χ1n) is 10.5. The van der Waals surface area contributed by atoms with E-state index in [-0.39, 0.29) is 5.91 Å². The van der Waals surface area contributed by atoms with Gasteiger partial charge in [-0.1, -0.05) is 18.2 Å². The molecule has 0 unspecified atom stereocenters. The molecule has 6 nitrogen and oxygen atoms in total. The second kappa shape index (κ2) is 8.14. The van der Waals surface area contributed by atoms with Crippen LogP contribution < -0.4 is 10.1 Å². The average Bonchev–Trinajstić information content (AvgIpc) is 3.49. The lowest BCUT2D eigenvalue weighted by Gasteiger charge is -2.17. The highest BCUT2D eigenvalue weighted by Crippen LogP contribution is 2.31. The van der Waals surface area contributed by atoms with Gasteiger partial charge in [0.25, 0.3) is 5.91 Å². The van der Waals surface area contributed by atoms with Crippen LogP contribution in [-0.2, 0) is 0 Å². The van der Waals surface area contributed by atoms with Crippen LogP contribution in [0.5, 0.6) is 5.75 Å². The van der Waals surface area contributed by atoms with Crippen molar-refractivity contribution in [3.05, 3.63) is 72.6 Å². The smallest absolute Gasteiger partial charge is 0.253 e. The molecule has 31 heavy (non-hydrogen) atoms. The van der Waals surface area contributed by atoms with Crippen molar-refractivity contribution < 1.29 is 9.53 Å². The zero-order valence-electron chi connectivity index (χ0n) is 17.4. The Morgan fingerprint density at radius 3 is 2.71 bits per heavy atom. The zero-order valence-corrected chi connectivity index (χ0v) is 17.4. The second-order valence-electron chi connectivity index (χ2n) is 7.77. The Labute approximate surface area is 180 Å². The van der Waals surface area contributed by atoms with Gasteiger partial charge in [-0.2, -0.15) is 0 Å². The molecule has 1 amide bonds. The summed E-state index contributed by atoms with van der Waals surface area (Å²) >= 11 is 0. The van der Waals surface area contributed by atoms with Gasteiger partial charge in [-0.3, -0.25) is 9.78 Å². The third-order valence-corrected chi connectivity index (χ3v) is 5.70. The van der Waals surface area contributed by atoms with Crippen LogP contribution in [0.2, 0.25) is 0 Å². The Morgan fingerprint density at radius 2 is 1.90 bits per heavy atom. The molecule has 5 rings (SSSR count). The lowest BCUT2D eigenvalue weighted by molar-refractivity contribution is 0.0792. The van der Waals surface area contributed by atoms with Crippen LogP contribution >= 0.6 is 0 Å². The normalized spacial score (nSPS) is 13.5. The summed E-state index contributed by atoms with van der Waals surface area (Å²) in [5.41, 5.74) is 5.37. The highest BCUT2D eigenvalue weighted by Gasteiger charge is 2.20. The molecule has 2 aromatic carbocycles. The van der Waals surface area contributed by atoms with Gasteiger partial charge in [0.05, 0.1) is 24.7 Å². The predicted octanol–water partition coefficient (Wildman–Crippen LogP) is 5.22. The highest BCUT2D eigenvalue weighted by atomic mass is 16.5. The summed E-state index contributed by atoms with van der Waals surface area (Å²) in [6, 6.07) is 17.9. The molecular weight excluding hydrogens is 388 g/mol. The van der Waals surface area contributed by atoms with Gasteiger partial charge in [0.2, 0.25) is 0 Å². The fraction of sp³-hybridized carbons (Fsp3) is 0.200. The van der Waals surface area contributed by atoms with Crippen molar-refractivity contribution in [3.8, 4) is 17.0 Å². The monoisotopic (exact) mass is 412 g/mol. The van der Waals surface area contributed by atoms with Gasteiger partial charge < -0.3 is 19.9 Å². The van der Waals surface area contributed by atoms with Crippen molar-refractivity contribution >= 4 is 28.2 Å². The number of fused-ring (bicyclic) bond motifs is 1. The van der Waals surface area contributed by atoms with Crippen molar-refractivity contribution in [2.45, 2.75) is 12.8 Å². The number of amides is 1. The third kappa shape index (κ3) is 3.84. The number of ether oxygens (including phenoxy) is 1. The first-order valence-corrected chi connectivity index (χ1v) is 10.5. The maximum atomic E-state index is 12.7. The van der Waals surface area contributed by atoms with Gasteiger partial charge in [-0.05, 0) is 49.2 Å². The lowest BCUT2D eigenvalue weighted by Crippen LogP contribution is -2.27. The van der Waals surface area contributed by atoms with E-state index >= 15 is 0 Å². The number of hydrogen-bond donors (Lipinski definition) is 2. The number of aromatic amines is 1. The van der Waals surface area contributed by atoms with Gasteiger partial charge in [-0.15, -0.1) is 0 Å². The highest BCUT2D eigenvalue weighted by molar-refractivity contribution is 5.95. The molecule has 156 valence electrons. The fourth-order valence-corrected chi connectivity index (χ4v) is 4.07. The summed E-state index contributed by atoms with van der Waals surface area (Å²) in [6.07, 6.45) is 5.75. The standard InChI is InChI=1S/C25H24N4O2/c1-31-24-14-18(25(30)29-10-4-5-11-29)8-9-22(24)27-20-12-19(15-26-16-20)23-13-17-6-2-3-7-21(17)28-23/h2-3,6-9,12-16,27-28H,4-5,10-11H2,1H3. The second-order valence-corrected chi connectivity index (χ2v) is 7.77. The van der Waals surface area contributed by atoms with E-state index < -0.39 is 0 Å². The summed E-state index contributed by atoms with van der Waals surface area (Å²) in [6.45, 7) is 1.65. The van der Waals surface area contributed by atoms with Gasteiger partial charge in [-0.25, -0.2) is 0 Å². The summed E-state index contributed by atoms with van der Waals surface area (Å²) in [4.78, 5) is 22.4. The molecule has 0 radical (unpaired) electrons. The van der Waals surface area contributed by atoms with Crippen LogP contribution in [0.15, 0.2) is 67.0 Å². The van der Waals surface area contributed by atoms with E-state index in [1.165, 1.54) is 0 Å². The van der Waals surface area contributed by atoms with Crippen LogP contribution in [0.3, 0.4) is 0 Å². The molecule has 0 aliphatic carbocycles. The van der Waals surface area contributed by atoms with Crippen LogP contribution in [0, 0.1) is 0 Å². The van der Waals surface area contributed by atoms with Crippen molar-refractivity contribution in [2.24, 2.45) is 0 Å². The van der Waals surface area contributed by atoms with Crippen LogP contribution in [0.25, 0.3) is 22.2 Å². The van der Waals surface area contributed by atoms with Crippen molar-refractivity contribution in [1.29, 1.82) is 0 Å². The molecule has 1 aliphatic rings. The number of anilines is 2. The minimum absolute atomic E-state index is 0.0600. The SMILES string of the molecule is COc1cc(C(=O)N2CCCC2)ccc1Nc1cncc(-c2cc3ccccc3[nH]2)c1. The molecule has 0 spiro atoms. The third-order valence-electron chi connectivity index (χ3n) is 5.70. The van der Waals surface area contributed by atoms with E-state index in [1.54, 1.807) is 19.4 Å². The number of hydrogen-bond acceptors (Lipinski definition) is 4. The Hall–Kier alpha value is -3.80. The van der Waals surface area contributed by atoms with Crippen LogP contribution in [0.1, 0.15) is 23.2 Å². The first-order chi connectivity index (χ1) is 15.2. The number of benzene rings is 2. The van der Waals surface area contributed by atoms with Gasteiger partial charge in [0, 0.05) is 47.0 Å². The van der Waals surface area contributed by atoms with E-state index in [0.29, 0.717) is 11.3 Å². The van der Waals surface area contributed by atoms with Crippen molar-refractivity contribution in [2.75, 3.05) is 25.5 Å². The Bertz CT molecular complexity index is 1210. The summed E-state index contributed by atoms with van der Waals surface area (Å²) < 4.78 is 5.57. The number of H-pyrrole nitrogens is 1. The summed E-state index contributed by atoms with van der Waals surface area (Å²) in [7, 11) is 1.61. The average molecular weight is 412 g/mol. The number of carbonyl (C=O) groups excluding carboxylic acids is 1.